The summed E-state index contributed by atoms with van der Waals surface area (Å²) < 4.78 is 47.7. The number of hydrogen-bond acceptors (Lipinski definition) is 6. The van der Waals surface area contributed by atoms with Crippen molar-refractivity contribution in [2.24, 2.45) is 0 Å². The summed E-state index contributed by atoms with van der Waals surface area (Å²) >= 11 is 6.09. The number of hydrogen-bond donors (Lipinski definition) is 2. The van der Waals surface area contributed by atoms with Gasteiger partial charge in [-0.15, -0.1) is 5.10 Å². The average molecular weight is 577 g/mol. The van der Waals surface area contributed by atoms with Crippen LogP contribution in [0.4, 0.5) is 18.9 Å². The third-order valence-corrected chi connectivity index (χ3v) is 8.47. The van der Waals surface area contributed by atoms with Crippen LogP contribution in [0.3, 0.4) is 0 Å². The minimum atomic E-state index is -4.56. The number of nitrogens with zero attached hydrogens (tertiary/aromatic N) is 4. The van der Waals surface area contributed by atoms with Crippen LogP contribution in [0, 0.1) is 0 Å². The Morgan fingerprint density at radius 1 is 1.30 bits per heavy atom. The largest absolute Gasteiger partial charge is 0.416 e. The van der Waals surface area contributed by atoms with Crippen LogP contribution in [-0.4, -0.2) is 51.4 Å². The molecule has 1 saturated heterocycles. The molecular formula is C27H28ClF3N6O3. The summed E-state index contributed by atoms with van der Waals surface area (Å²) in [6.45, 7) is 4.34. The molecule has 40 heavy (non-hydrogen) atoms. The van der Waals surface area contributed by atoms with Gasteiger partial charge in [0.1, 0.15) is 6.54 Å². The highest BCUT2D eigenvalue weighted by Gasteiger charge is 2.47. The predicted molar refractivity (Wildman–Crippen MR) is 143 cm³/mol. The molecule has 212 valence electrons. The smallest absolute Gasteiger partial charge is 0.377 e. The van der Waals surface area contributed by atoms with Crippen LogP contribution in [0.15, 0.2) is 29.1 Å². The van der Waals surface area contributed by atoms with Crippen LogP contribution in [0.1, 0.15) is 61.2 Å². The highest BCUT2D eigenvalue weighted by Crippen LogP contribution is 2.49. The molecule has 6 rings (SSSR count). The second-order valence-corrected chi connectivity index (χ2v) is 11.1. The predicted octanol–water partition coefficient (Wildman–Crippen LogP) is 4.13. The highest BCUT2D eigenvalue weighted by molar-refractivity contribution is 6.33. The Bertz CT molecular complexity index is 1590. The zero-order chi connectivity index (χ0) is 28.2. The van der Waals surface area contributed by atoms with Crippen molar-refractivity contribution in [2.45, 2.75) is 56.7 Å². The van der Waals surface area contributed by atoms with Crippen molar-refractivity contribution in [2.75, 3.05) is 31.6 Å². The first-order valence-corrected chi connectivity index (χ1v) is 13.6. The van der Waals surface area contributed by atoms with Gasteiger partial charge in [-0.25, -0.2) is 0 Å². The maximum absolute atomic E-state index is 14.0. The van der Waals surface area contributed by atoms with Gasteiger partial charge in [-0.3, -0.25) is 9.59 Å². The molecule has 1 spiro atoms. The van der Waals surface area contributed by atoms with Crippen LogP contribution in [-0.2, 0) is 27.7 Å². The van der Waals surface area contributed by atoms with Gasteiger partial charge in [0.25, 0.3) is 5.56 Å². The number of nitrogens with one attached hydrogen (secondary N) is 2. The van der Waals surface area contributed by atoms with E-state index in [1.54, 1.807) is 4.57 Å². The Hall–Kier alpha value is -3.22. The first-order chi connectivity index (χ1) is 19.1. The zero-order valence-corrected chi connectivity index (χ0v) is 22.5. The number of benzene rings is 1. The van der Waals surface area contributed by atoms with Gasteiger partial charge in [-0.05, 0) is 68.5 Å². The third kappa shape index (κ3) is 4.61. The molecule has 2 aromatic heterocycles. The van der Waals surface area contributed by atoms with E-state index in [2.05, 4.69) is 15.7 Å². The number of piperidine rings is 1. The summed E-state index contributed by atoms with van der Waals surface area (Å²) in [4.78, 5) is 32.0. The Labute approximate surface area is 232 Å². The van der Waals surface area contributed by atoms with Gasteiger partial charge in [-0.1, -0.05) is 24.6 Å². The van der Waals surface area contributed by atoms with Crippen LogP contribution in [0.25, 0.3) is 11.4 Å². The Morgan fingerprint density at radius 3 is 2.75 bits per heavy atom. The van der Waals surface area contributed by atoms with Gasteiger partial charge < -0.3 is 19.9 Å². The summed E-state index contributed by atoms with van der Waals surface area (Å²) in [5.41, 5.74) is 0.904. The Kier molecular flexibility index (Phi) is 6.75. The fourth-order valence-corrected chi connectivity index (χ4v) is 6.60. The van der Waals surface area contributed by atoms with Crippen LogP contribution in [0.5, 0.6) is 0 Å². The lowest BCUT2D eigenvalue weighted by Crippen LogP contribution is -2.42. The molecule has 1 atom stereocenters. The van der Waals surface area contributed by atoms with E-state index >= 15 is 0 Å². The number of halogens is 4. The standard InChI is InChI=1S/C27H28ClF3N6O3/c1-15-13-26(6-8-32-9-7-26)21-22(15)36(14-20(38)33-19-3-2-17(12-18(19)28)27(29,30)31)25-34-23(35-37(25)24(21)39)16-4-10-40-11-5-16/h2-4,12,15,32H,5-11,13-14H2,1H3,(H,33,38)/t15-/m0/s1. The lowest BCUT2D eigenvalue weighted by atomic mass is 9.74. The van der Waals surface area contributed by atoms with Gasteiger partial charge in [0, 0.05) is 16.7 Å². The number of rotatable bonds is 4. The molecule has 2 N–H and O–H groups in total. The molecule has 3 aliphatic rings. The van der Waals surface area contributed by atoms with Gasteiger partial charge in [0.2, 0.25) is 11.7 Å². The number of aromatic nitrogens is 4. The zero-order valence-electron chi connectivity index (χ0n) is 21.8. The van der Waals surface area contributed by atoms with Crippen molar-refractivity contribution in [3.63, 3.8) is 0 Å². The third-order valence-electron chi connectivity index (χ3n) is 8.16. The van der Waals surface area contributed by atoms with E-state index in [1.165, 1.54) is 4.52 Å². The quantitative estimate of drug-likeness (QED) is 0.484. The van der Waals surface area contributed by atoms with Gasteiger partial charge >= 0.3 is 6.18 Å². The van der Waals surface area contributed by atoms with E-state index in [4.69, 9.17) is 21.3 Å². The molecule has 9 nitrogen and oxygen atoms in total. The van der Waals surface area contributed by atoms with Gasteiger partial charge in [-0.2, -0.15) is 22.7 Å². The minimum Gasteiger partial charge on any atom is -0.377 e. The molecule has 0 bridgehead atoms. The second-order valence-electron chi connectivity index (χ2n) is 10.7. The number of carbonyl (C=O) groups is 1. The maximum Gasteiger partial charge on any atom is 0.416 e. The molecule has 13 heteroatoms. The Balaban J connectivity index is 1.44. The molecule has 1 aromatic carbocycles. The van der Waals surface area contributed by atoms with Gasteiger partial charge in [0.15, 0.2) is 5.82 Å². The molecule has 2 aliphatic heterocycles. The number of anilines is 1. The van der Waals surface area contributed by atoms with Crippen molar-refractivity contribution < 1.29 is 22.7 Å². The molecule has 0 saturated carbocycles. The van der Waals surface area contributed by atoms with Crippen molar-refractivity contribution in [1.82, 2.24) is 24.5 Å². The molecule has 1 aliphatic carbocycles. The summed E-state index contributed by atoms with van der Waals surface area (Å²) in [5.74, 6) is 0.132. The van der Waals surface area contributed by atoms with Crippen LogP contribution < -0.4 is 16.2 Å². The van der Waals surface area contributed by atoms with Crippen molar-refractivity contribution in [3.8, 4) is 0 Å². The number of ether oxygens (including phenoxy) is 1. The van der Waals surface area contributed by atoms with Crippen LogP contribution >= 0.6 is 11.6 Å². The van der Waals surface area contributed by atoms with E-state index < -0.39 is 17.6 Å². The topological polar surface area (TPSA) is 103 Å². The summed E-state index contributed by atoms with van der Waals surface area (Å²) in [6, 6.07) is 2.78. The number of amides is 1. The fourth-order valence-electron chi connectivity index (χ4n) is 6.38. The average Bonchev–Trinajstić information content (AvgIpc) is 3.48. The molecule has 1 amide bonds. The monoisotopic (exact) mass is 576 g/mol. The maximum atomic E-state index is 14.0. The SMILES string of the molecule is C[C@H]1CC2(CCNCC2)c2c1n(CC(=O)Nc1ccc(C(F)(F)F)cc1Cl)c1nc(C3=CCOCC3)nn1c2=O. The normalized spacial score (nSPS) is 20.5. The fraction of sp³-hybridized carbons (Fsp3) is 0.481. The first-order valence-electron chi connectivity index (χ1n) is 13.3. The second kappa shape index (κ2) is 10.0. The first kappa shape index (κ1) is 27.0. The summed E-state index contributed by atoms with van der Waals surface area (Å²) in [6.07, 6.45) is 0.292. The van der Waals surface area contributed by atoms with Crippen molar-refractivity contribution in [3.05, 3.63) is 62.3 Å². The minimum absolute atomic E-state index is 0.0179. The Morgan fingerprint density at radius 2 is 2.08 bits per heavy atom. The molecule has 3 aromatic rings. The number of fused-ring (bicyclic) bond motifs is 3. The molecule has 4 heterocycles. The van der Waals surface area contributed by atoms with Crippen LogP contribution in [0.2, 0.25) is 5.02 Å². The lowest BCUT2D eigenvalue weighted by molar-refractivity contribution is -0.137. The van der Waals surface area contributed by atoms with E-state index in [9.17, 15) is 22.8 Å². The van der Waals surface area contributed by atoms with E-state index in [0.29, 0.717) is 31.0 Å². The van der Waals surface area contributed by atoms with Crippen molar-refractivity contribution in [1.29, 1.82) is 0 Å². The summed E-state index contributed by atoms with van der Waals surface area (Å²) in [7, 11) is 0. The molecule has 0 unspecified atom stereocenters. The molecular weight excluding hydrogens is 549 g/mol. The molecule has 0 radical (unpaired) electrons. The molecule has 1 fully saturated rings. The highest BCUT2D eigenvalue weighted by atomic mass is 35.5. The van der Waals surface area contributed by atoms with E-state index in [0.717, 1.165) is 61.8 Å². The number of carbonyl (C=O) groups excluding carboxylic acids is 1. The lowest BCUT2D eigenvalue weighted by Gasteiger charge is -2.34. The van der Waals surface area contributed by atoms with E-state index in [1.807, 2.05) is 13.0 Å². The van der Waals surface area contributed by atoms with Crippen molar-refractivity contribution >= 4 is 34.5 Å². The van der Waals surface area contributed by atoms with Gasteiger partial charge in [0.05, 0.1) is 29.5 Å². The van der Waals surface area contributed by atoms with E-state index in [-0.39, 0.29) is 39.9 Å². The number of alkyl halides is 3. The summed E-state index contributed by atoms with van der Waals surface area (Å²) in [5, 5.41) is 10.4.